The van der Waals surface area contributed by atoms with Gasteiger partial charge in [0.05, 0.1) is 6.10 Å². The van der Waals surface area contributed by atoms with Crippen LogP contribution < -0.4 is 0 Å². The molecule has 13 heavy (non-hydrogen) atoms. The molecule has 1 aromatic carbocycles. The van der Waals surface area contributed by atoms with Gasteiger partial charge in [0.25, 0.3) is 0 Å². The Balaban J connectivity index is 2.71. The third kappa shape index (κ3) is 3.22. The summed E-state index contributed by atoms with van der Waals surface area (Å²) in [6.45, 7) is 1.61. The lowest BCUT2D eigenvalue weighted by Gasteiger charge is -2.08. The fourth-order valence-electron chi connectivity index (χ4n) is 0.913. The summed E-state index contributed by atoms with van der Waals surface area (Å²) in [5.74, 6) is -0.346. The Morgan fingerprint density at radius 3 is 2.46 bits per heavy atom. The number of rotatable bonds is 3. The van der Waals surface area contributed by atoms with Crippen molar-refractivity contribution in [3.05, 3.63) is 35.6 Å². The van der Waals surface area contributed by atoms with E-state index in [2.05, 4.69) is 4.18 Å². The van der Waals surface area contributed by atoms with Crippen molar-refractivity contribution in [2.45, 2.75) is 13.0 Å². The molecule has 0 aliphatic heterocycles. The lowest BCUT2D eigenvalue weighted by Crippen LogP contribution is -2.01. The Bertz CT molecular complexity index is 299. The molecule has 0 heterocycles. The Morgan fingerprint density at radius 1 is 1.46 bits per heavy atom. The van der Waals surface area contributed by atoms with Crippen molar-refractivity contribution in [3.8, 4) is 0 Å². The van der Waals surface area contributed by atoms with Crippen LogP contribution in [0.1, 0.15) is 18.6 Å². The van der Waals surface area contributed by atoms with Gasteiger partial charge in [-0.3, -0.25) is 8.74 Å². The third-order valence-corrected chi connectivity index (χ3v) is 2.02. The van der Waals surface area contributed by atoms with Gasteiger partial charge >= 0.3 is 11.4 Å². The maximum atomic E-state index is 12.5. The average molecular weight is 204 g/mol. The summed E-state index contributed by atoms with van der Waals surface area (Å²) >= 11 is -2.30. The van der Waals surface area contributed by atoms with Crippen LogP contribution in [0.25, 0.3) is 0 Å². The van der Waals surface area contributed by atoms with Crippen LogP contribution >= 0.6 is 0 Å². The van der Waals surface area contributed by atoms with Crippen LogP contribution in [0.15, 0.2) is 24.3 Å². The molecule has 72 valence electrons. The smallest absolute Gasteiger partial charge is 0.284 e. The summed E-state index contributed by atoms with van der Waals surface area (Å²) in [7, 11) is 0. The zero-order valence-electron chi connectivity index (χ0n) is 6.94. The van der Waals surface area contributed by atoms with E-state index in [0.717, 1.165) is 0 Å². The molecule has 0 saturated carbocycles. The fourth-order valence-corrected chi connectivity index (χ4v) is 1.27. The summed E-state index contributed by atoms with van der Waals surface area (Å²) < 4.78 is 35.7. The standard InChI is InChI=1S/C8H9FO3S/c1-6(12-13(10)11)7-2-4-8(9)5-3-7/h2-6H,1H3,(H,10,11). The Morgan fingerprint density at radius 2 is 2.00 bits per heavy atom. The van der Waals surface area contributed by atoms with Gasteiger partial charge in [-0.15, -0.1) is 0 Å². The molecule has 1 aromatic rings. The molecule has 0 saturated heterocycles. The van der Waals surface area contributed by atoms with E-state index >= 15 is 0 Å². The molecule has 0 aliphatic rings. The molecule has 2 atom stereocenters. The minimum absolute atomic E-state index is 0.346. The highest BCUT2D eigenvalue weighted by Crippen LogP contribution is 2.17. The van der Waals surface area contributed by atoms with Crippen molar-refractivity contribution < 1.29 is 17.3 Å². The van der Waals surface area contributed by atoms with Crippen LogP contribution in [0.4, 0.5) is 4.39 Å². The van der Waals surface area contributed by atoms with E-state index in [9.17, 15) is 8.60 Å². The summed E-state index contributed by atoms with van der Waals surface area (Å²) in [5.41, 5.74) is 0.656. The molecule has 1 rings (SSSR count). The second-order valence-corrected chi connectivity index (χ2v) is 3.13. The molecule has 0 aliphatic carbocycles. The third-order valence-electron chi connectivity index (χ3n) is 1.57. The van der Waals surface area contributed by atoms with Crippen LogP contribution in [0.3, 0.4) is 0 Å². The minimum atomic E-state index is -2.30. The van der Waals surface area contributed by atoms with Crippen molar-refractivity contribution in [3.63, 3.8) is 0 Å². The molecule has 5 heteroatoms. The molecule has 0 amide bonds. The van der Waals surface area contributed by atoms with Crippen molar-refractivity contribution in [2.75, 3.05) is 0 Å². The predicted octanol–water partition coefficient (Wildman–Crippen LogP) is 2.04. The minimum Gasteiger partial charge on any atom is -0.284 e. The van der Waals surface area contributed by atoms with Gasteiger partial charge < -0.3 is 0 Å². The fraction of sp³-hybridized carbons (Fsp3) is 0.250. The lowest BCUT2D eigenvalue weighted by atomic mass is 10.1. The zero-order chi connectivity index (χ0) is 9.84. The lowest BCUT2D eigenvalue weighted by molar-refractivity contribution is 0.227. The van der Waals surface area contributed by atoms with E-state index in [4.69, 9.17) is 4.55 Å². The summed E-state index contributed by atoms with van der Waals surface area (Å²) in [4.78, 5) is 0. The van der Waals surface area contributed by atoms with Crippen LogP contribution in [0.2, 0.25) is 0 Å². The van der Waals surface area contributed by atoms with E-state index in [1.54, 1.807) is 6.92 Å². The number of benzene rings is 1. The van der Waals surface area contributed by atoms with E-state index in [1.165, 1.54) is 24.3 Å². The van der Waals surface area contributed by atoms with Crippen LogP contribution in [-0.4, -0.2) is 8.76 Å². The second kappa shape index (κ2) is 4.45. The maximum absolute atomic E-state index is 12.5. The highest BCUT2D eigenvalue weighted by Gasteiger charge is 2.08. The van der Waals surface area contributed by atoms with Crippen molar-refractivity contribution in [2.24, 2.45) is 0 Å². The largest absolute Gasteiger partial charge is 0.302 e. The Hall–Kier alpha value is -0.780. The summed E-state index contributed by atoms with van der Waals surface area (Å²) in [5, 5.41) is 0. The first-order valence-electron chi connectivity index (χ1n) is 3.63. The first kappa shape index (κ1) is 10.3. The molecule has 0 aromatic heterocycles. The molecule has 0 spiro atoms. The number of hydrogen-bond acceptors (Lipinski definition) is 2. The number of hydrogen-bond donors (Lipinski definition) is 1. The van der Waals surface area contributed by atoms with Gasteiger partial charge in [-0.25, -0.2) is 4.39 Å². The molecular formula is C8H9FO3S. The SMILES string of the molecule is CC(OS(=O)O)c1ccc(F)cc1. The second-order valence-electron chi connectivity index (χ2n) is 2.51. The van der Waals surface area contributed by atoms with Crippen molar-refractivity contribution >= 4 is 11.4 Å². The first-order chi connectivity index (χ1) is 6.09. The first-order valence-corrected chi connectivity index (χ1v) is 4.66. The molecule has 0 radical (unpaired) electrons. The molecular weight excluding hydrogens is 195 g/mol. The molecule has 0 bridgehead atoms. The highest BCUT2D eigenvalue weighted by molar-refractivity contribution is 7.74. The van der Waals surface area contributed by atoms with Gasteiger partial charge in [-0.2, -0.15) is 4.21 Å². The normalized spacial score (nSPS) is 15.3. The monoisotopic (exact) mass is 204 g/mol. The summed E-state index contributed by atoms with van der Waals surface area (Å²) in [6.07, 6.45) is -0.522. The quantitative estimate of drug-likeness (QED) is 0.766. The van der Waals surface area contributed by atoms with Gasteiger partial charge in [-0.1, -0.05) is 12.1 Å². The average Bonchev–Trinajstić information content (AvgIpc) is 2.04. The molecule has 3 nitrogen and oxygen atoms in total. The van der Waals surface area contributed by atoms with Gasteiger partial charge in [-0.05, 0) is 24.6 Å². The predicted molar refractivity (Wildman–Crippen MR) is 46.7 cm³/mol. The Kier molecular flexibility index (Phi) is 3.53. The van der Waals surface area contributed by atoms with E-state index in [-0.39, 0.29) is 5.82 Å². The maximum Gasteiger partial charge on any atom is 0.302 e. The van der Waals surface area contributed by atoms with Gasteiger partial charge in [0, 0.05) is 0 Å². The van der Waals surface area contributed by atoms with Crippen molar-refractivity contribution in [1.82, 2.24) is 0 Å². The van der Waals surface area contributed by atoms with E-state index in [1.807, 2.05) is 0 Å². The summed E-state index contributed by atoms with van der Waals surface area (Å²) in [6, 6.07) is 5.56. The van der Waals surface area contributed by atoms with Crippen LogP contribution in [0.5, 0.6) is 0 Å². The van der Waals surface area contributed by atoms with Gasteiger partial charge in [0.15, 0.2) is 0 Å². The van der Waals surface area contributed by atoms with Crippen molar-refractivity contribution in [1.29, 1.82) is 0 Å². The Labute approximate surface area is 78.0 Å². The van der Waals surface area contributed by atoms with Gasteiger partial charge in [0.1, 0.15) is 5.82 Å². The van der Waals surface area contributed by atoms with E-state index in [0.29, 0.717) is 5.56 Å². The molecule has 0 fully saturated rings. The topological polar surface area (TPSA) is 46.5 Å². The van der Waals surface area contributed by atoms with Crippen LogP contribution in [0, 0.1) is 5.82 Å². The number of halogens is 1. The zero-order valence-corrected chi connectivity index (χ0v) is 7.75. The molecule has 2 unspecified atom stereocenters. The van der Waals surface area contributed by atoms with Crippen LogP contribution in [-0.2, 0) is 15.5 Å². The van der Waals surface area contributed by atoms with Gasteiger partial charge in [0.2, 0.25) is 0 Å². The highest BCUT2D eigenvalue weighted by atomic mass is 32.2. The van der Waals surface area contributed by atoms with E-state index < -0.39 is 17.5 Å². The molecule has 1 N–H and O–H groups in total.